The Kier molecular flexibility index (Phi) is 5.98. The van der Waals surface area contributed by atoms with Gasteiger partial charge in [0, 0.05) is 31.0 Å². The number of piperidine rings is 1. The van der Waals surface area contributed by atoms with Gasteiger partial charge in [0.2, 0.25) is 15.9 Å². The van der Waals surface area contributed by atoms with E-state index in [9.17, 15) is 13.2 Å². The predicted molar refractivity (Wildman–Crippen MR) is 103 cm³/mol. The normalized spacial score (nSPS) is 18.9. The van der Waals surface area contributed by atoms with E-state index in [1.807, 2.05) is 6.07 Å². The molecule has 1 aromatic carbocycles. The number of carbonyl (C=O) groups excluding carboxylic acids is 1. The molecule has 1 N–H and O–H groups in total. The molecule has 3 rings (SSSR count). The predicted octanol–water partition coefficient (Wildman–Crippen LogP) is 2.02. The number of sulfonamides is 1. The summed E-state index contributed by atoms with van der Waals surface area (Å²) in [5.74, 6) is -0.700. The molecule has 0 bridgehead atoms. The number of hydrogen-bond acceptors (Lipinski definition) is 5. The molecule has 0 unspecified atom stereocenters. The molecule has 1 atom stereocenters. The zero-order valence-electron chi connectivity index (χ0n) is 15.1. The van der Waals surface area contributed by atoms with Gasteiger partial charge in [0.05, 0.1) is 16.5 Å². The van der Waals surface area contributed by atoms with E-state index in [2.05, 4.69) is 15.5 Å². The van der Waals surface area contributed by atoms with Crippen LogP contribution in [0, 0.1) is 5.92 Å². The summed E-state index contributed by atoms with van der Waals surface area (Å²) >= 11 is 0. The number of carbonyl (C=O) groups is 1. The van der Waals surface area contributed by atoms with Gasteiger partial charge in [-0.3, -0.25) is 9.78 Å². The minimum atomic E-state index is -3.59. The molecule has 0 aliphatic carbocycles. The second-order valence-electron chi connectivity index (χ2n) is 6.43. The van der Waals surface area contributed by atoms with E-state index in [-0.39, 0.29) is 17.3 Å². The topological polar surface area (TPSA) is 91.7 Å². The Morgan fingerprint density at radius 3 is 2.70 bits per heavy atom. The van der Waals surface area contributed by atoms with Crippen molar-refractivity contribution < 1.29 is 13.2 Å². The van der Waals surface area contributed by atoms with Crippen molar-refractivity contribution in [2.75, 3.05) is 13.1 Å². The monoisotopic (exact) mass is 386 g/mol. The fourth-order valence-corrected chi connectivity index (χ4v) is 4.53. The SMILES string of the molecule is C/C(=N/NC(=O)[C@@H]1CCCN(S(=O)(=O)c2ccccc2)C1)c1cccnc1. The number of nitrogens with one attached hydrogen (secondary N) is 1. The third kappa shape index (κ3) is 4.58. The van der Waals surface area contributed by atoms with Gasteiger partial charge >= 0.3 is 0 Å². The van der Waals surface area contributed by atoms with Crippen LogP contribution in [0.2, 0.25) is 0 Å². The molecule has 1 aliphatic rings. The molecule has 2 aromatic rings. The Bertz CT molecular complexity index is 914. The highest BCUT2D eigenvalue weighted by molar-refractivity contribution is 7.89. The lowest BCUT2D eigenvalue weighted by molar-refractivity contribution is -0.126. The first-order valence-electron chi connectivity index (χ1n) is 8.78. The highest BCUT2D eigenvalue weighted by Crippen LogP contribution is 2.23. The molecule has 8 heteroatoms. The lowest BCUT2D eigenvalue weighted by Gasteiger charge is -2.30. The van der Waals surface area contributed by atoms with Crippen molar-refractivity contribution in [2.45, 2.75) is 24.7 Å². The summed E-state index contributed by atoms with van der Waals surface area (Å²) in [6.07, 6.45) is 4.60. The maximum atomic E-state index is 12.8. The first-order chi connectivity index (χ1) is 13.0. The van der Waals surface area contributed by atoms with Gasteiger partial charge in [0.15, 0.2) is 0 Å². The minimum Gasteiger partial charge on any atom is -0.273 e. The van der Waals surface area contributed by atoms with E-state index in [1.54, 1.807) is 55.7 Å². The van der Waals surface area contributed by atoms with Crippen LogP contribution in [0.15, 0.2) is 64.9 Å². The lowest BCUT2D eigenvalue weighted by atomic mass is 9.99. The minimum absolute atomic E-state index is 0.157. The second-order valence-corrected chi connectivity index (χ2v) is 8.37. The fourth-order valence-electron chi connectivity index (χ4n) is 2.99. The highest BCUT2D eigenvalue weighted by atomic mass is 32.2. The van der Waals surface area contributed by atoms with Crippen LogP contribution in [0.1, 0.15) is 25.3 Å². The number of hydrogen-bond donors (Lipinski definition) is 1. The Morgan fingerprint density at radius 2 is 2.00 bits per heavy atom. The van der Waals surface area contributed by atoms with Crippen molar-refractivity contribution in [3.8, 4) is 0 Å². The maximum Gasteiger partial charge on any atom is 0.244 e. The first kappa shape index (κ1) is 19.2. The van der Waals surface area contributed by atoms with E-state index in [4.69, 9.17) is 0 Å². The van der Waals surface area contributed by atoms with Gasteiger partial charge < -0.3 is 0 Å². The van der Waals surface area contributed by atoms with Crippen molar-refractivity contribution in [1.29, 1.82) is 0 Å². The largest absolute Gasteiger partial charge is 0.273 e. The van der Waals surface area contributed by atoms with Gasteiger partial charge in [-0.15, -0.1) is 0 Å². The number of rotatable bonds is 5. The zero-order valence-corrected chi connectivity index (χ0v) is 15.9. The molecular formula is C19H22N4O3S. The van der Waals surface area contributed by atoms with Gasteiger partial charge in [-0.2, -0.15) is 9.41 Å². The van der Waals surface area contributed by atoms with Crippen molar-refractivity contribution in [1.82, 2.24) is 14.7 Å². The van der Waals surface area contributed by atoms with E-state index in [0.717, 1.165) is 5.56 Å². The van der Waals surface area contributed by atoms with Crippen LogP contribution in [0.25, 0.3) is 0 Å². The second kappa shape index (κ2) is 8.41. The summed E-state index contributed by atoms with van der Waals surface area (Å²) in [6, 6.07) is 11.9. The van der Waals surface area contributed by atoms with Gasteiger partial charge in [-0.1, -0.05) is 24.3 Å². The van der Waals surface area contributed by atoms with Gasteiger partial charge in [-0.25, -0.2) is 13.8 Å². The summed E-state index contributed by atoms with van der Waals surface area (Å²) in [6.45, 7) is 2.35. The number of amides is 1. The van der Waals surface area contributed by atoms with Crippen molar-refractivity contribution in [3.63, 3.8) is 0 Å². The van der Waals surface area contributed by atoms with Gasteiger partial charge in [-0.05, 0) is 38.0 Å². The first-order valence-corrected chi connectivity index (χ1v) is 10.2. The summed E-state index contributed by atoms with van der Waals surface area (Å²) in [5.41, 5.74) is 4.02. The molecule has 142 valence electrons. The Hall–Kier alpha value is -2.58. The van der Waals surface area contributed by atoms with E-state index >= 15 is 0 Å². The number of nitrogens with zero attached hydrogens (tertiary/aromatic N) is 3. The van der Waals surface area contributed by atoms with E-state index in [0.29, 0.717) is 25.1 Å². The van der Waals surface area contributed by atoms with Crippen molar-refractivity contribution in [3.05, 3.63) is 60.4 Å². The molecule has 1 aromatic heterocycles. The Balaban J connectivity index is 1.66. The van der Waals surface area contributed by atoms with Crippen LogP contribution in [0.5, 0.6) is 0 Å². The average Bonchev–Trinajstić information content (AvgIpc) is 2.73. The Morgan fingerprint density at radius 1 is 1.22 bits per heavy atom. The lowest BCUT2D eigenvalue weighted by Crippen LogP contribution is -2.44. The van der Waals surface area contributed by atoms with Gasteiger partial charge in [0.25, 0.3) is 0 Å². The van der Waals surface area contributed by atoms with E-state index in [1.165, 1.54) is 4.31 Å². The van der Waals surface area contributed by atoms with Crippen LogP contribution in [0.3, 0.4) is 0 Å². The smallest absolute Gasteiger partial charge is 0.244 e. The number of pyridine rings is 1. The Labute approximate surface area is 159 Å². The number of aromatic nitrogens is 1. The number of hydrazone groups is 1. The molecule has 27 heavy (non-hydrogen) atoms. The summed E-state index contributed by atoms with van der Waals surface area (Å²) in [7, 11) is -3.59. The van der Waals surface area contributed by atoms with E-state index < -0.39 is 15.9 Å². The molecule has 1 amide bonds. The maximum absolute atomic E-state index is 12.8. The van der Waals surface area contributed by atoms with Gasteiger partial charge in [0.1, 0.15) is 0 Å². The summed E-state index contributed by atoms with van der Waals surface area (Å²) in [5, 5.41) is 4.12. The molecular weight excluding hydrogens is 364 g/mol. The van der Waals surface area contributed by atoms with Crippen LogP contribution < -0.4 is 5.43 Å². The molecule has 1 saturated heterocycles. The number of benzene rings is 1. The quantitative estimate of drug-likeness (QED) is 0.629. The van der Waals surface area contributed by atoms with Crippen LogP contribution >= 0.6 is 0 Å². The molecule has 1 aliphatic heterocycles. The molecule has 2 heterocycles. The molecule has 0 radical (unpaired) electrons. The van der Waals surface area contributed by atoms with Crippen LogP contribution in [-0.2, 0) is 14.8 Å². The summed E-state index contributed by atoms with van der Waals surface area (Å²) in [4.78, 5) is 16.8. The third-order valence-corrected chi connectivity index (χ3v) is 6.43. The average molecular weight is 386 g/mol. The molecule has 7 nitrogen and oxygen atoms in total. The van der Waals surface area contributed by atoms with Crippen LogP contribution in [-0.4, -0.2) is 42.4 Å². The van der Waals surface area contributed by atoms with Crippen molar-refractivity contribution in [2.24, 2.45) is 11.0 Å². The van der Waals surface area contributed by atoms with Crippen LogP contribution in [0.4, 0.5) is 0 Å². The molecule has 0 spiro atoms. The third-order valence-electron chi connectivity index (χ3n) is 4.55. The van der Waals surface area contributed by atoms with Crippen molar-refractivity contribution >= 4 is 21.6 Å². The zero-order chi connectivity index (χ0) is 19.3. The fraction of sp³-hybridized carbons (Fsp3) is 0.316. The standard InChI is InChI=1S/C19H22N4O3S/c1-15(16-7-5-11-20-13-16)21-22-19(24)17-8-6-12-23(14-17)27(25,26)18-9-3-2-4-10-18/h2-5,7,9-11,13,17H,6,8,12,14H2,1H3,(H,22,24)/b21-15-/t17-/m1/s1. The molecule has 1 fully saturated rings. The summed E-state index contributed by atoms with van der Waals surface area (Å²) < 4.78 is 26.9. The highest BCUT2D eigenvalue weighted by Gasteiger charge is 2.33. The molecule has 0 saturated carbocycles.